The standard InChI is InChI=1S/C29H28F7NO3/c1-15(18-8-19(28(31,32)33)10-20(9-18)29(34,35)36)40-26-7-4-17-13-37(24-11-22(38)12-25(24)39)14-23(17)27(26)16-2-5-21(30)6-3-16/h2-3,5-6,8-11,15,17,23,25-27,39H,4,7,12-14H2,1H3/t15-,17?,23?,25?,26+,27+/m1/s1. The first-order valence-corrected chi connectivity index (χ1v) is 13.1. The normalized spacial score (nSPS) is 28.0. The molecule has 4 nitrogen and oxygen atoms in total. The van der Waals surface area contributed by atoms with Crippen LogP contribution in [-0.4, -0.2) is 41.1 Å². The van der Waals surface area contributed by atoms with Crippen LogP contribution in [0, 0.1) is 17.7 Å². The molecular formula is C29H28F7NO3. The molecule has 5 rings (SSSR count). The zero-order valence-electron chi connectivity index (χ0n) is 21.5. The van der Waals surface area contributed by atoms with E-state index in [2.05, 4.69) is 0 Å². The number of nitrogens with zero attached hydrogens (tertiary/aromatic N) is 1. The molecule has 1 saturated heterocycles. The predicted molar refractivity (Wildman–Crippen MR) is 130 cm³/mol. The maximum Gasteiger partial charge on any atom is 0.416 e. The Kier molecular flexibility index (Phi) is 7.50. The Hall–Kier alpha value is -2.92. The van der Waals surface area contributed by atoms with E-state index in [1.54, 1.807) is 12.1 Å². The Morgan fingerprint density at radius 2 is 1.57 bits per heavy atom. The van der Waals surface area contributed by atoms with Crippen LogP contribution in [0.15, 0.2) is 54.2 Å². The summed E-state index contributed by atoms with van der Waals surface area (Å²) in [4.78, 5) is 13.8. The molecule has 2 aliphatic carbocycles. The highest BCUT2D eigenvalue weighted by Gasteiger charge is 2.48. The van der Waals surface area contributed by atoms with Crippen molar-refractivity contribution in [1.29, 1.82) is 0 Å². The van der Waals surface area contributed by atoms with Crippen molar-refractivity contribution >= 4 is 5.78 Å². The van der Waals surface area contributed by atoms with Crippen molar-refractivity contribution in [2.75, 3.05) is 13.1 Å². The van der Waals surface area contributed by atoms with Gasteiger partial charge >= 0.3 is 12.4 Å². The highest BCUT2D eigenvalue weighted by atomic mass is 19.4. The van der Waals surface area contributed by atoms with Gasteiger partial charge in [0.2, 0.25) is 0 Å². The Morgan fingerprint density at radius 3 is 2.12 bits per heavy atom. The first-order valence-electron chi connectivity index (χ1n) is 13.1. The summed E-state index contributed by atoms with van der Waals surface area (Å²) < 4.78 is 101. The van der Waals surface area contributed by atoms with Gasteiger partial charge in [0, 0.05) is 37.2 Å². The molecule has 0 radical (unpaired) electrons. The summed E-state index contributed by atoms with van der Waals surface area (Å²) in [5, 5.41) is 10.4. The lowest BCUT2D eigenvalue weighted by molar-refractivity contribution is -0.143. The summed E-state index contributed by atoms with van der Waals surface area (Å²) in [6.45, 7) is 2.48. The smallest absolute Gasteiger partial charge is 0.386 e. The minimum atomic E-state index is -4.97. The van der Waals surface area contributed by atoms with E-state index in [1.165, 1.54) is 25.1 Å². The van der Waals surface area contributed by atoms with Crippen molar-refractivity contribution in [2.24, 2.45) is 11.8 Å². The number of carbonyl (C=O) groups is 1. The number of ether oxygens (including phenoxy) is 1. The van der Waals surface area contributed by atoms with Crippen LogP contribution in [0.25, 0.3) is 0 Å². The average Bonchev–Trinajstić information content (AvgIpc) is 3.45. The minimum Gasteiger partial charge on any atom is -0.386 e. The second kappa shape index (κ2) is 10.5. The minimum absolute atomic E-state index is 0.0166. The van der Waals surface area contributed by atoms with E-state index in [0.717, 1.165) is 5.56 Å². The topological polar surface area (TPSA) is 49.8 Å². The number of aliphatic hydroxyl groups is 1. The molecule has 216 valence electrons. The molecule has 3 unspecified atom stereocenters. The number of allylic oxidation sites excluding steroid dienone is 1. The number of likely N-dealkylation sites (tertiary alicyclic amines) is 1. The number of ketones is 1. The number of carbonyl (C=O) groups excluding carboxylic acids is 1. The molecule has 2 aromatic rings. The SMILES string of the molecule is C[C@@H](O[C@H]1CCC2CN(C3=CC(=O)CC3O)CC2[C@@H]1c1ccc(F)cc1)c1cc(C(F)(F)F)cc(C(F)(F)F)c1. The van der Waals surface area contributed by atoms with E-state index in [-0.39, 0.29) is 41.6 Å². The van der Waals surface area contributed by atoms with E-state index in [9.17, 15) is 40.6 Å². The summed E-state index contributed by atoms with van der Waals surface area (Å²) >= 11 is 0. The first-order chi connectivity index (χ1) is 18.7. The number of fused-ring (bicyclic) bond motifs is 1. The van der Waals surface area contributed by atoms with Crippen LogP contribution < -0.4 is 0 Å². The molecule has 2 fully saturated rings. The molecule has 11 heteroatoms. The number of hydrogen-bond donors (Lipinski definition) is 1. The molecule has 0 aromatic heterocycles. The predicted octanol–water partition coefficient (Wildman–Crippen LogP) is 6.65. The largest absolute Gasteiger partial charge is 0.416 e. The van der Waals surface area contributed by atoms with E-state index < -0.39 is 47.6 Å². The summed E-state index contributed by atoms with van der Waals surface area (Å²) in [5.41, 5.74) is -1.77. The third-order valence-electron chi connectivity index (χ3n) is 8.30. The zero-order chi connectivity index (χ0) is 29.0. The average molecular weight is 572 g/mol. The molecule has 1 heterocycles. The van der Waals surface area contributed by atoms with E-state index >= 15 is 0 Å². The number of rotatable bonds is 5. The van der Waals surface area contributed by atoms with Gasteiger partial charge in [0.25, 0.3) is 0 Å². The lowest BCUT2D eigenvalue weighted by atomic mass is 9.69. The van der Waals surface area contributed by atoms with Gasteiger partial charge in [-0.1, -0.05) is 12.1 Å². The van der Waals surface area contributed by atoms with Gasteiger partial charge in [0.1, 0.15) is 11.9 Å². The molecule has 0 bridgehead atoms. The van der Waals surface area contributed by atoms with Gasteiger partial charge in [-0.15, -0.1) is 0 Å². The third kappa shape index (κ3) is 5.76. The van der Waals surface area contributed by atoms with Crippen molar-refractivity contribution in [1.82, 2.24) is 4.90 Å². The Bertz CT molecular complexity index is 1260. The number of aliphatic hydroxyl groups excluding tert-OH is 1. The van der Waals surface area contributed by atoms with Crippen LogP contribution in [0.3, 0.4) is 0 Å². The van der Waals surface area contributed by atoms with Crippen LogP contribution in [0.1, 0.15) is 60.5 Å². The highest BCUT2D eigenvalue weighted by molar-refractivity contribution is 5.93. The molecule has 6 atom stereocenters. The van der Waals surface area contributed by atoms with Crippen molar-refractivity contribution in [3.63, 3.8) is 0 Å². The van der Waals surface area contributed by atoms with Crippen molar-refractivity contribution in [2.45, 2.75) is 62.8 Å². The van der Waals surface area contributed by atoms with Gasteiger partial charge < -0.3 is 14.7 Å². The molecule has 40 heavy (non-hydrogen) atoms. The quantitative estimate of drug-likeness (QED) is 0.409. The second-order valence-corrected chi connectivity index (χ2v) is 10.9. The molecule has 1 aliphatic heterocycles. The number of alkyl halides is 6. The van der Waals surface area contributed by atoms with E-state index in [0.29, 0.717) is 43.8 Å². The van der Waals surface area contributed by atoms with Gasteiger partial charge in [-0.25, -0.2) is 4.39 Å². The fraction of sp³-hybridized carbons (Fsp3) is 0.483. The number of hydrogen-bond acceptors (Lipinski definition) is 4. The fourth-order valence-corrected chi connectivity index (χ4v) is 6.42. The highest BCUT2D eigenvalue weighted by Crippen LogP contribution is 2.49. The Morgan fingerprint density at radius 1 is 0.950 bits per heavy atom. The maximum absolute atomic E-state index is 13.8. The van der Waals surface area contributed by atoms with E-state index in [1.807, 2.05) is 4.90 Å². The summed E-state index contributed by atoms with van der Waals surface area (Å²) in [6.07, 6.45) is -9.90. The number of halogens is 7. The van der Waals surface area contributed by atoms with Crippen molar-refractivity contribution < 1.29 is 45.4 Å². The molecule has 1 saturated carbocycles. The lowest BCUT2D eigenvalue weighted by Gasteiger charge is -2.41. The molecule has 0 amide bonds. The summed E-state index contributed by atoms with van der Waals surface area (Å²) in [5.74, 6) is -0.875. The van der Waals surface area contributed by atoms with Crippen molar-refractivity contribution in [3.8, 4) is 0 Å². The Labute approximate surface area is 226 Å². The monoisotopic (exact) mass is 571 g/mol. The van der Waals surface area contributed by atoms with Crippen LogP contribution in [-0.2, 0) is 21.9 Å². The van der Waals surface area contributed by atoms with Gasteiger partial charge in [-0.3, -0.25) is 4.79 Å². The summed E-state index contributed by atoms with van der Waals surface area (Å²) in [6, 6.07) is 7.29. The van der Waals surface area contributed by atoms with Crippen LogP contribution in [0.4, 0.5) is 30.7 Å². The molecule has 3 aliphatic rings. The molecular weight excluding hydrogens is 543 g/mol. The van der Waals surface area contributed by atoms with Gasteiger partial charge in [0.15, 0.2) is 5.78 Å². The molecule has 1 N–H and O–H groups in total. The zero-order valence-corrected chi connectivity index (χ0v) is 21.5. The second-order valence-electron chi connectivity index (χ2n) is 10.9. The third-order valence-corrected chi connectivity index (χ3v) is 8.30. The first kappa shape index (κ1) is 28.6. The van der Waals surface area contributed by atoms with Crippen LogP contribution in [0.2, 0.25) is 0 Å². The molecule has 0 spiro atoms. The summed E-state index contributed by atoms with van der Waals surface area (Å²) in [7, 11) is 0. The van der Waals surface area contributed by atoms with Crippen LogP contribution in [0.5, 0.6) is 0 Å². The number of benzene rings is 2. The maximum atomic E-state index is 13.8. The van der Waals surface area contributed by atoms with Gasteiger partial charge in [-0.2, -0.15) is 26.3 Å². The van der Waals surface area contributed by atoms with Crippen molar-refractivity contribution in [3.05, 3.63) is 82.3 Å². The Balaban J connectivity index is 1.45. The lowest BCUT2D eigenvalue weighted by Crippen LogP contribution is -2.38. The van der Waals surface area contributed by atoms with Gasteiger partial charge in [-0.05, 0) is 73.1 Å². The van der Waals surface area contributed by atoms with E-state index in [4.69, 9.17) is 4.74 Å². The molecule has 2 aromatic carbocycles. The van der Waals surface area contributed by atoms with Gasteiger partial charge in [0.05, 0.1) is 23.3 Å². The fourth-order valence-electron chi connectivity index (χ4n) is 6.42. The van der Waals surface area contributed by atoms with Crippen LogP contribution >= 0.6 is 0 Å².